The summed E-state index contributed by atoms with van der Waals surface area (Å²) in [6, 6.07) is 5.75. The summed E-state index contributed by atoms with van der Waals surface area (Å²) in [7, 11) is 0. The molecule has 0 saturated heterocycles. The Kier molecular flexibility index (Phi) is 9.59. The van der Waals surface area contributed by atoms with Gasteiger partial charge in [-0.1, -0.05) is 32.8 Å². The van der Waals surface area contributed by atoms with Crippen molar-refractivity contribution in [3.8, 4) is 0 Å². The predicted octanol–water partition coefficient (Wildman–Crippen LogP) is 5.13. The first-order chi connectivity index (χ1) is 16.1. The summed E-state index contributed by atoms with van der Waals surface area (Å²) in [5.74, 6) is -5.52. The normalized spacial score (nSPS) is 12.7. The number of hydrogen-bond acceptors (Lipinski definition) is 6. The van der Waals surface area contributed by atoms with Crippen LogP contribution in [0.3, 0.4) is 0 Å². The van der Waals surface area contributed by atoms with Crippen molar-refractivity contribution in [3.05, 3.63) is 46.5 Å². The lowest BCUT2D eigenvalue weighted by atomic mass is 9.83. The van der Waals surface area contributed by atoms with Crippen molar-refractivity contribution in [2.75, 3.05) is 13.2 Å². The van der Waals surface area contributed by atoms with Gasteiger partial charge in [0.2, 0.25) is 0 Å². The van der Waals surface area contributed by atoms with Crippen LogP contribution in [0.1, 0.15) is 97.1 Å². The van der Waals surface area contributed by atoms with Crippen LogP contribution in [0.15, 0.2) is 24.3 Å². The Morgan fingerprint density at radius 1 is 0.824 bits per heavy atom. The van der Waals surface area contributed by atoms with Crippen LogP contribution in [0.5, 0.6) is 0 Å². The van der Waals surface area contributed by atoms with Crippen molar-refractivity contribution in [1.29, 1.82) is 0 Å². The zero-order chi connectivity index (χ0) is 25.4. The molecule has 0 aliphatic carbocycles. The maximum absolute atomic E-state index is 12.8. The standard InChI is InChI=1S/C26H32O8/c1-5-7-11-33-25(31)15(3)20-14-18-13-17(23(27)28)9-10-19(18)21(22(20)24(29)30)16(4)26(32)34-12-8-6-2/h9-10,13-16H,5-8,11-12H2,1-4H3,(H,27,28)(H,29,30)/t15-,16-/m0/s1. The second kappa shape index (κ2) is 12.2. The van der Waals surface area contributed by atoms with Crippen molar-refractivity contribution >= 4 is 34.6 Å². The first-order valence-corrected chi connectivity index (χ1v) is 11.5. The molecular weight excluding hydrogens is 440 g/mol. The Balaban J connectivity index is 2.72. The second-order valence-electron chi connectivity index (χ2n) is 8.29. The number of esters is 2. The molecule has 2 atom stereocenters. The van der Waals surface area contributed by atoms with Gasteiger partial charge in [0.25, 0.3) is 0 Å². The fraction of sp³-hybridized carbons (Fsp3) is 0.462. The zero-order valence-electron chi connectivity index (χ0n) is 20.1. The molecule has 0 aliphatic heterocycles. The summed E-state index contributed by atoms with van der Waals surface area (Å²) in [6.07, 6.45) is 3.01. The van der Waals surface area contributed by atoms with Gasteiger partial charge in [-0.25, -0.2) is 9.59 Å². The van der Waals surface area contributed by atoms with E-state index in [9.17, 15) is 29.4 Å². The number of rotatable bonds is 12. The molecule has 8 nitrogen and oxygen atoms in total. The Bertz CT molecular complexity index is 1070. The molecule has 2 N–H and O–H groups in total. The number of unbranched alkanes of at least 4 members (excludes halogenated alkanes) is 2. The lowest BCUT2D eigenvalue weighted by molar-refractivity contribution is -0.145. The molecule has 34 heavy (non-hydrogen) atoms. The van der Waals surface area contributed by atoms with Gasteiger partial charge >= 0.3 is 23.9 Å². The summed E-state index contributed by atoms with van der Waals surface area (Å²) in [4.78, 5) is 49.5. The van der Waals surface area contributed by atoms with Gasteiger partial charge in [0.15, 0.2) is 0 Å². The van der Waals surface area contributed by atoms with E-state index in [4.69, 9.17) is 9.47 Å². The number of hydrogen-bond donors (Lipinski definition) is 2. The van der Waals surface area contributed by atoms with Gasteiger partial charge in [-0.3, -0.25) is 9.59 Å². The van der Waals surface area contributed by atoms with E-state index >= 15 is 0 Å². The SMILES string of the molecule is CCCCOC(=O)[C@@H](C)c1cc2cc(C(=O)O)ccc2c([C@H](C)C(=O)OCCCC)c1C(=O)O. The topological polar surface area (TPSA) is 127 Å². The maximum Gasteiger partial charge on any atom is 0.336 e. The van der Waals surface area contributed by atoms with Crippen LogP contribution >= 0.6 is 0 Å². The first kappa shape index (κ1) is 26.8. The number of carboxylic acids is 2. The summed E-state index contributed by atoms with van der Waals surface area (Å²) in [5, 5.41) is 20.4. The van der Waals surface area contributed by atoms with Crippen LogP contribution < -0.4 is 0 Å². The monoisotopic (exact) mass is 472 g/mol. The number of benzene rings is 2. The Morgan fingerprint density at radius 3 is 1.88 bits per heavy atom. The highest BCUT2D eigenvalue weighted by Gasteiger charge is 2.31. The van der Waals surface area contributed by atoms with E-state index < -0.39 is 35.7 Å². The molecule has 0 unspecified atom stereocenters. The summed E-state index contributed by atoms with van der Waals surface area (Å²) >= 11 is 0. The zero-order valence-corrected chi connectivity index (χ0v) is 20.1. The lowest BCUT2D eigenvalue weighted by Crippen LogP contribution is -2.22. The van der Waals surface area contributed by atoms with Crippen molar-refractivity contribution < 1.29 is 38.9 Å². The average Bonchev–Trinajstić information content (AvgIpc) is 2.81. The molecule has 2 rings (SSSR count). The number of ether oxygens (including phenoxy) is 2. The lowest BCUT2D eigenvalue weighted by Gasteiger charge is -2.22. The largest absolute Gasteiger partial charge is 0.478 e. The smallest absolute Gasteiger partial charge is 0.336 e. The van der Waals surface area contributed by atoms with E-state index in [1.165, 1.54) is 31.2 Å². The van der Waals surface area contributed by atoms with Crippen molar-refractivity contribution in [2.24, 2.45) is 0 Å². The van der Waals surface area contributed by atoms with Crippen LogP contribution in [-0.2, 0) is 19.1 Å². The number of fused-ring (bicyclic) bond motifs is 1. The quantitative estimate of drug-likeness (QED) is 0.321. The molecule has 8 heteroatoms. The van der Waals surface area contributed by atoms with Gasteiger partial charge in [0.1, 0.15) is 0 Å². The number of aromatic carboxylic acids is 2. The van der Waals surface area contributed by atoms with Gasteiger partial charge in [-0.2, -0.15) is 0 Å². The molecule has 0 aromatic heterocycles. The van der Waals surface area contributed by atoms with Crippen LogP contribution in [-0.4, -0.2) is 47.3 Å². The first-order valence-electron chi connectivity index (χ1n) is 11.5. The molecule has 0 aliphatic rings. The fourth-order valence-corrected chi connectivity index (χ4v) is 3.75. The Morgan fingerprint density at radius 2 is 1.38 bits per heavy atom. The van der Waals surface area contributed by atoms with Gasteiger partial charge in [0, 0.05) is 0 Å². The van der Waals surface area contributed by atoms with Gasteiger partial charge in [-0.05, 0) is 66.8 Å². The van der Waals surface area contributed by atoms with E-state index in [0.717, 1.165) is 12.8 Å². The molecule has 0 amide bonds. The predicted molar refractivity (Wildman–Crippen MR) is 126 cm³/mol. The van der Waals surface area contributed by atoms with Gasteiger partial charge in [0.05, 0.1) is 36.2 Å². The average molecular weight is 473 g/mol. The summed E-state index contributed by atoms with van der Waals surface area (Å²) in [6.45, 7) is 7.43. The molecule has 2 aromatic rings. The van der Waals surface area contributed by atoms with Gasteiger partial charge in [-0.15, -0.1) is 0 Å². The van der Waals surface area contributed by atoms with E-state index in [0.29, 0.717) is 23.6 Å². The maximum atomic E-state index is 12.8. The molecule has 2 aromatic carbocycles. The van der Waals surface area contributed by atoms with E-state index in [1.54, 1.807) is 6.92 Å². The summed E-state index contributed by atoms with van der Waals surface area (Å²) < 4.78 is 10.6. The molecule has 184 valence electrons. The van der Waals surface area contributed by atoms with Crippen molar-refractivity contribution in [2.45, 2.75) is 65.2 Å². The van der Waals surface area contributed by atoms with Crippen LogP contribution in [0.2, 0.25) is 0 Å². The minimum Gasteiger partial charge on any atom is -0.478 e. The molecule has 0 spiro atoms. The minimum atomic E-state index is -1.30. The fourth-order valence-electron chi connectivity index (χ4n) is 3.75. The third-order valence-corrected chi connectivity index (χ3v) is 5.76. The van der Waals surface area contributed by atoms with Crippen molar-refractivity contribution in [1.82, 2.24) is 0 Å². The highest BCUT2D eigenvalue weighted by Crippen LogP contribution is 2.36. The molecule has 0 heterocycles. The molecule has 0 saturated carbocycles. The number of carboxylic acid groups (broad SMARTS) is 2. The number of carbonyl (C=O) groups is 4. The van der Waals surface area contributed by atoms with Crippen LogP contribution in [0, 0.1) is 0 Å². The highest BCUT2D eigenvalue weighted by atomic mass is 16.5. The van der Waals surface area contributed by atoms with E-state index in [-0.39, 0.29) is 35.5 Å². The van der Waals surface area contributed by atoms with E-state index in [2.05, 4.69) is 0 Å². The second-order valence-corrected chi connectivity index (χ2v) is 8.29. The highest BCUT2D eigenvalue weighted by molar-refractivity contribution is 6.05. The van der Waals surface area contributed by atoms with E-state index in [1.807, 2.05) is 13.8 Å². The third-order valence-electron chi connectivity index (χ3n) is 5.76. The molecule has 0 bridgehead atoms. The van der Waals surface area contributed by atoms with Crippen LogP contribution in [0.4, 0.5) is 0 Å². The Labute approximate surface area is 198 Å². The summed E-state index contributed by atoms with van der Waals surface area (Å²) in [5.41, 5.74) is 0.179. The molecule has 0 fully saturated rings. The van der Waals surface area contributed by atoms with Crippen LogP contribution in [0.25, 0.3) is 10.8 Å². The third kappa shape index (κ3) is 6.12. The Hall–Kier alpha value is -3.42. The van der Waals surface area contributed by atoms with Crippen molar-refractivity contribution in [3.63, 3.8) is 0 Å². The number of carbonyl (C=O) groups excluding carboxylic acids is 2. The minimum absolute atomic E-state index is 0.00354. The molecular formula is C26H32O8. The van der Waals surface area contributed by atoms with Gasteiger partial charge < -0.3 is 19.7 Å². The molecule has 0 radical (unpaired) electrons.